The summed E-state index contributed by atoms with van der Waals surface area (Å²) >= 11 is 0. The van der Waals surface area contributed by atoms with Crippen LogP contribution in [0.4, 0.5) is 0 Å². The monoisotopic (exact) mass is 347 g/mol. The van der Waals surface area contributed by atoms with Crippen LogP contribution in [0.2, 0.25) is 0 Å². The van der Waals surface area contributed by atoms with E-state index in [1.807, 2.05) is 67.6 Å². The van der Waals surface area contributed by atoms with Gasteiger partial charge in [-0.15, -0.1) is 5.10 Å². The van der Waals surface area contributed by atoms with E-state index in [0.717, 1.165) is 11.3 Å². The number of para-hydroxylation sites is 1. The predicted octanol–water partition coefficient (Wildman–Crippen LogP) is 1.88. The number of hydrogen-bond donors (Lipinski definition) is 0. The van der Waals surface area contributed by atoms with Gasteiger partial charge in [0.25, 0.3) is 0 Å². The lowest BCUT2D eigenvalue weighted by Crippen LogP contribution is -2.36. The van der Waals surface area contributed by atoms with Crippen molar-refractivity contribution in [3.05, 3.63) is 72.1 Å². The lowest BCUT2D eigenvalue weighted by Gasteiger charge is -2.22. The van der Waals surface area contributed by atoms with Crippen LogP contribution in [-0.2, 0) is 21.5 Å². The van der Waals surface area contributed by atoms with E-state index in [9.17, 15) is 9.59 Å². The highest BCUT2D eigenvalue weighted by molar-refractivity contribution is 6.08. The number of tetrazole rings is 1. The normalized spacial score (nSPS) is 20.0. The zero-order chi connectivity index (χ0) is 18.1. The van der Waals surface area contributed by atoms with Crippen molar-refractivity contribution in [2.75, 3.05) is 0 Å². The number of nitrogens with zero attached hydrogens (tertiary/aromatic N) is 5. The molecular weight excluding hydrogens is 330 g/mol. The molecule has 0 spiro atoms. The summed E-state index contributed by atoms with van der Waals surface area (Å²) in [5, 5.41) is 11.7. The van der Waals surface area contributed by atoms with Crippen molar-refractivity contribution in [1.82, 2.24) is 25.1 Å². The fourth-order valence-electron chi connectivity index (χ4n) is 3.29. The van der Waals surface area contributed by atoms with Crippen LogP contribution in [0.5, 0.6) is 0 Å². The number of rotatable bonds is 4. The van der Waals surface area contributed by atoms with E-state index >= 15 is 0 Å². The van der Waals surface area contributed by atoms with E-state index in [-0.39, 0.29) is 24.8 Å². The molecule has 4 rings (SSSR count). The number of carbonyl (C=O) groups excluding carboxylic acids is 2. The highest BCUT2D eigenvalue weighted by Gasteiger charge is 2.49. The maximum Gasteiger partial charge on any atom is 0.240 e. The minimum atomic E-state index is -0.858. The summed E-state index contributed by atoms with van der Waals surface area (Å²) in [5.41, 5.74) is 0.754. The van der Waals surface area contributed by atoms with Crippen LogP contribution in [0, 0.1) is 0 Å². The van der Waals surface area contributed by atoms with Crippen molar-refractivity contribution >= 4 is 11.8 Å². The molecule has 1 aliphatic rings. The van der Waals surface area contributed by atoms with Crippen molar-refractivity contribution in [3.63, 3.8) is 0 Å². The molecule has 130 valence electrons. The van der Waals surface area contributed by atoms with E-state index in [1.165, 1.54) is 4.90 Å². The third-order valence-electron chi connectivity index (χ3n) is 4.77. The Morgan fingerprint density at radius 2 is 1.65 bits per heavy atom. The summed E-state index contributed by atoms with van der Waals surface area (Å²) in [5.74, 6) is -0.00418. The number of hydrogen-bond acceptors (Lipinski definition) is 5. The Labute approximate surface area is 150 Å². The van der Waals surface area contributed by atoms with Crippen molar-refractivity contribution in [2.24, 2.45) is 0 Å². The van der Waals surface area contributed by atoms with Crippen LogP contribution in [0.3, 0.4) is 0 Å². The van der Waals surface area contributed by atoms with E-state index < -0.39 is 5.41 Å². The SMILES string of the molecule is C[C@]1(c2ccccc2)CC(=O)N(Cc2nnnn2-c2ccccc2)C1=O. The zero-order valence-corrected chi connectivity index (χ0v) is 14.2. The second-order valence-electron chi connectivity index (χ2n) is 6.50. The van der Waals surface area contributed by atoms with Gasteiger partial charge in [0.1, 0.15) is 0 Å². The van der Waals surface area contributed by atoms with E-state index in [0.29, 0.717) is 5.82 Å². The molecule has 26 heavy (non-hydrogen) atoms. The molecule has 2 amide bonds. The van der Waals surface area contributed by atoms with Crippen molar-refractivity contribution in [2.45, 2.75) is 25.3 Å². The third-order valence-corrected chi connectivity index (χ3v) is 4.77. The number of aromatic nitrogens is 4. The van der Waals surface area contributed by atoms with Gasteiger partial charge in [0.05, 0.1) is 17.6 Å². The van der Waals surface area contributed by atoms with Gasteiger partial charge in [0, 0.05) is 6.42 Å². The second-order valence-corrected chi connectivity index (χ2v) is 6.50. The summed E-state index contributed by atoms with van der Waals surface area (Å²) in [6.45, 7) is 1.85. The Balaban J connectivity index is 1.64. The Morgan fingerprint density at radius 1 is 1.00 bits per heavy atom. The summed E-state index contributed by atoms with van der Waals surface area (Å²) in [4.78, 5) is 26.9. The molecule has 2 heterocycles. The van der Waals surface area contributed by atoms with Crippen molar-refractivity contribution < 1.29 is 9.59 Å². The molecule has 7 nitrogen and oxygen atoms in total. The predicted molar refractivity (Wildman–Crippen MR) is 93.1 cm³/mol. The maximum absolute atomic E-state index is 13.0. The van der Waals surface area contributed by atoms with Gasteiger partial charge in [-0.05, 0) is 35.0 Å². The van der Waals surface area contributed by atoms with Crippen LogP contribution in [0.25, 0.3) is 5.69 Å². The fraction of sp³-hybridized carbons (Fsp3) is 0.211. The highest BCUT2D eigenvalue weighted by atomic mass is 16.2. The van der Waals surface area contributed by atoms with Crippen molar-refractivity contribution in [3.8, 4) is 5.69 Å². The molecule has 1 aromatic heterocycles. The molecule has 1 fully saturated rings. The average Bonchev–Trinajstić information content (AvgIpc) is 3.22. The molecule has 3 aromatic rings. The van der Waals surface area contributed by atoms with E-state index in [2.05, 4.69) is 15.5 Å². The standard InChI is InChI=1S/C19H17N5O2/c1-19(14-8-4-2-5-9-14)12-17(25)23(18(19)26)13-16-20-21-22-24(16)15-10-6-3-7-11-15/h2-11H,12-13H2,1H3/t19-/m1/s1. The Morgan fingerprint density at radius 3 is 2.35 bits per heavy atom. The summed E-state index contributed by atoms with van der Waals surface area (Å²) in [7, 11) is 0. The quantitative estimate of drug-likeness (QED) is 0.673. The van der Waals surface area contributed by atoms with Crippen LogP contribution in [0.15, 0.2) is 60.7 Å². The topological polar surface area (TPSA) is 81.0 Å². The maximum atomic E-state index is 13.0. The Hall–Kier alpha value is -3.35. The van der Waals surface area contributed by atoms with Gasteiger partial charge in [-0.3, -0.25) is 14.5 Å². The zero-order valence-electron chi connectivity index (χ0n) is 14.2. The first-order valence-electron chi connectivity index (χ1n) is 8.32. The summed E-state index contributed by atoms with van der Waals surface area (Å²) < 4.78 is 1.54. The molecule has 1 saturated heterocycles. The molecule has 2 aromatic carbocycles. The van der Waals surface area contributed by atoms with Gasteiger partial charge < -0.3 is 0 Å². The molecule has 1 atom stereocenters. The number of likely N-dealkylation sites (tertiary alicyclic amines) is 1. The molecule has 1 aliphatic heterocycles. The molecule has 0 bridgehead atoms. The smallest absolute Gasteiger partial charge is 0.240 e. The van der Waals surface area contributed by atoms with Gasteiger partial charge in [-0.1, -0.05) is 48.5 Å². The first kappa shape index (κ1) is 16.1. The lowest BCUT2D eigenvalue weighted by molar-refractivity contribution is -0.140. The average molecular weight is 347 g/mol. The van der Waals surface area contributed by atoms with Gasteiger partial charge >= 0.3 is 0 Å². The lowest BCUT2D eigenvalue weighted by atomic mass is 9.81. The minimum Gasteiger partial charge on any atom is -0.274 e. The number of imide groups is 1. The largest absolute Gasteiger partial charge is 0.274 e. The molecule has 0 radical (unpaired) electrons. The van der Waals surface area contributed by atoms with Crippen LogP contribution in [0.1, 0.15) is 24.7 Å². The van der Waals surface area contributed by atoms with Gasteiger partial charge in [-0.2, -0.15) is 4.68 Å². The number of carbonyl (C=O) groups is 2. The van der Waals surface area contributed by atoms with Crippen LogP contribution < -0.4 is 0 Å². The number of amides is 2. The molecule has 0 N–H and O–H groups in total. The van der Waals surface area contributed by atoms with Gasteiger partial charge in [-0.25, -0.2) is 0 Å². The second kappa shape index (κ2) is 6.18. The molecule has 0 saturated carbocycles. The Kier molecular flexibility index (Phi) is 3.84. The number of benzene rings is 2. The van der Waals surface area contributed by atoms with E-state index in [4.69, 9.17) is 0 Å². The van der Waals surface area contributed by atoms with E-state index in [1.54, 1.807) is 4.68 Å². The first-order chi connectivity index (χ1) is 12.6. The Bertz CT molecular complexity index is 954. The van der Waals surface area contributed by atoms with Gasteiger partial charge in [0.15, 0.2) is 5.82 Å². The van der Waals surface area contributed by atoms with Gasteiger partial charge in [0.2, 0.25) is 11.8 Å². The first-order valence-corrected chi connectivity index (χ1v) is 8.32. The molecule has 0 unspecified atom stereocenters. The third kappa shape index (κ3) is 2.57. The van der Waals surface area contributed by atoms with Crippen molar-refractivity contribution in [1.29, 1.82) is 0 Å². The summed E-state index contributed by atoms with van der Waals surface area (Å²) in [6, 6.07) is 18.8. The fourth-order valence-corrected chi connectivity index (χ4v) is 3.29. The molecule has 7 heteroatoms. The highest BCUT2D eigenvalue weighted by Crippen LogP contribution is 2.36. The minimum absolute atomic E-state index is 0.0436. The van der Waals surface area contributed by atoms with Crippen LogP contribution in [-0.4, -0.2) is 36.9 Å². The van der Waals surface area contributed by atoms with Crippen LogP contribution >= 0.6 is 0 Å². The molecular formula is C19H17N5O2. The molecule has 0 aliphatic carbocycles. The summed E-state index contributed by atoms with van der Waals surface area (Å²) in [6.07, 6.45) is 0.142.